The van der Waals surface area contributed by atoms with Gasteiger partial charge in [0, 0.05) is 25.2 Å². The van der Waals surface area contributed by atoms with Crippen LogP contribution in [0, 0.1) is 23.7 Å². The summed E-state index contributed by atoms with van der Waals surface area (Å²) in [5.41, 5.74) is 3.40. The number of Topliss-reactive ketones (excluding diaryl/α,β-unsaturated/α-hetero) is 1. The lowest BCUT2D eigenvalue weighted by atomic mass is 9.58. The van der Waals surface area contributed by atoms with Gasteiger partial charge in [-0.3, -0.25) is 4.79 Å². The Morgan fingerprint density at radius 2 is 1.59 bits per heavy atom. The van der Waals surface area contributed by atoms with Crippen LogP contribution in [-0.4, -0.2) is 24.8 Å². The molecule has 5 aliphatic rings. The summed E-state index contributed by atoms with van der Waals surface area (Å²) < 4.78 is 11.9. The number of ketones is 1. The first-order chi connectivity index (χ1) is 10.8. The second-order valence-electron chi connectivity index (χ2n) is 8.07. The van der Waals surface area contributed by atoms with E-state index in [9.17, 15) is 4.79 Å². The highest BCUT2D eigenvalue weighted by Crippen LogP contribution is 2.56. The maximum atomic E-state index is 12.1. The Labute approximate surface area is 132 Å². The molecule has 0 aromatic heterocycles. The van der Waals surface area contributed by atoms with E-state index in [0.717, 1.165) is 50.7 Å². The van der Waals surface area contributed by atoms with Crippen molar-refractivity contribution < 1.29 is 14.3 Å². The molecule has 1 aliphatic heterocycles. The van der Waals surface area contributed by atoms with Crippen molar-refractivity contribution in [2.75, 3.05) is 13.2 Å². The fraction of sp³-hybridized carbons (Fsp3) is 0.842. The molecule has 0 aromatic rings. The predicted octanol–water partition coefficient (Wildman–Crippen LogP) is 3.63. The quantitative estimate of drug-likeness (QED) is 0.641. The Hall–Kier alpha value is -0.670. The zero-order valence-electron chi connectivity index (χ0n) is 13.3. The molecule has 4 atom stereocenters. The highest BCUT2D eigenvalue weighted by atomic mass is 16.7. The summed E-state index contributed by atoms with van der Waals surface area (Å²) in [6.45, 7) is 1.53. The highest BCUT2D eigenvalue weighted by molar-refractivity contribution is 5.83. The molecule has 22 heavy (non-hydrogen) atoms. The van der Waals surface area contributed by atoms with Gasteiger partial charge in [0.2, 0.25) is 0 Å². The Bertz CT molecular complexity index is 529. The number of hydrogen-bond acceptors (Lipinski definition) is 3. The van der Waals surface area contributed by atoms with Crippen molar-refractivity contribution in [2.24, 2.45) is 23.7 Å². The van der Waals surface area contributed by atoms with Crippen molar-refractivity contribution in [1.82, 2.24) is 0 Å². The number of rotatable bonds is 0. The standard InChI is InChI=1S/C19H26O3/c20-18-6-5-16-15-2-1-12-11-19(21-9-10-22-19)8-7-13(12)14(15)3-4-17(16)18/h14-17H,1-11H2/t14-,15-,16+,17+/m1/s1. The number of hydrogen-bond donors (Lipinski definition) is 0. The number of carbonyl (C=O) groups excluding carboxylic acids is 1. The van der Waals surface area contributed by atoms with Crippen LogP contribution in [0.15, 0.2) is 11.1 Å². The topological polar surface area (TPSA) is 35.5 Å². The molecule has 1 saturated heterocycles. The van der Waals surface area contributed by atoms with E-state index in [0.29, 0.717) is 17.6 Å². The molecule has 1 spiro atoms. The van der Waals surface area contributed by atoms with E-state index < -0.39 is 0 Å². The van der Waals surface area contributed by atoms with Gasteiger partial charge in [-0.1, -0.05) is 11.1 Å². The SMILES string of the molecule is O=C1CC[C@H]2[C@@H]3CCC4=C(CCC5(C4)OCCO5)[C@H]3CC[C@H]12. The van der Waals surface area contributed by atoms with Gasteiger partial charge >= 0.3 is 0 Å². The lowest BCUT2D eigenvalue weighted by Crippen LogP contribution is -2.41. The molecule has 3 nitrogen and oxygen atoms in total. The smallest absolute Gasteiger partial charge is 0.172 e. The summed E-state index contributed by atoms with van der Waals surface area (Å²) in [6, 6.07) is 0. The van der Waals surface area contributed by atoms with Crippen molar-refractivity contribution >= 4 is 5.78 Å². The molecule has 0 radical (unpaired) electrons. The average Bonchev–Trinajstić information content (AvgIpc) is 3.14. The normalized spacial score (nSPS) is 43.2. The third-order valence-electron chi connectivity index (χ3n) is 7.26. The minimum atomic E-state index is -0.272. The molecule has 2 saturated carbocycles. The van der Waals surface area contributed by atoms with E-state index >= 15 is 0 Å². The highest BCUT2D eigenvalue weighted by Gasteiger charge is 2.50. The van der Waals surface area contributed by atoms with Crippen LogP contribution >= 0.6 is 0 Å². The van der Waals surface area contributed by atoms with Crippen LogP contribution in [0.4, 0.5) is 0 Å². The first-order valence-corrected chi connectivity index (χ1v) is 9.27. The molecule has 3 heteroatoms. The fourth-order valence-electron chi connectivity index (χ4n) is 6.35. The third-order valence-corrected chi connectivity index (χ3v) is 7.26. The number of carbonyl (C=O) groups is 1. The van der Waals surface area contributed by atoms with Gasteiger partial charge in [0.25, 0.3) is 0 Å². The van der Waals surface area contributed by atoms with Gasteiger partial charge in [-0.25, -0.2) is 0 Å². The van der Waals surface area contributed by atoms with E-state index in [1.54, 1.807) is 11.1 Å². The first kappa shape index (κ1) is 13.7. The second kappa shape index (κ2) is 4.91. The van der Waals surface area contributed by atoms with E-state index in [1.165, 1.54) is 32.1 Å². The number of allylic oxidation sites excluding steroid dienone is 1. The first-order valence-electron chi connectivity index (χ1n) is 9.27. The van der Waals surface area contributed by atoms with Crippen molar-refractivity contribution in [3.05, 3.63) is 11.1 Å². The van der Waals surface area contributed by atoms with Gasteiger partial charge in [-0.2, -0.15) is 0 Å². The zero-order valence-corrected chi connectivity index (χ0v) is 13.3. The van der Waals surface area contributed by atoms with Crippen molar-refractivity contribution in [3.8, 4) is 0 Å². The maximum absolute atomic E-state index is 12.1. The van der Waals surface area contributed by atoms with Crippen LogP contribution in [0.25, 0.3) is 0 Å². The lowest BCUT2D eigenvalue weighted by molar-refractivity contribution is -0.165. The van der Waals surface area contributed by atoms with Crippen molar-refractivity contribution in [1.29, 1.82) is 0 Å². The van der Waals surface area contributed by atoms with Crippen LogP contribution in [0.2, 0.25) is 0 Å². The minimum absolute atomic E-state index is 0.272. The maximum Gasteiger partial charge on any atom is 0.172 e. The molecule has 1 heterocycles. The van der Waals surface area contributed by atoms with Gasteiger partial charge in [0.1, 0.15) is 5.78 Å². The molecular formula is C19H26O3. The minimum Gasteiger partial charge on any atom is -0.347 e. The monoisotopic (exact) mass is 302 g/mol. The molecule has 0 aromatic carbocycles. The zero-order chi connectivity index (χ0) is 14.7. The molecule has 120 valence electrons. The third kappa shape index (κ3) is 1.91. The summed E-state index contributed by atoms with van der Waals surface area (Å²) in [4.78, 5) is 12.1. The van der Waals surface area contributed by atoms with Gasteiger partial charge in [-0.15, -0.1) is 0 Å². The molecule has 0 unspecified atom stereocenters. The number of fused-ring (bicyclic) bond motifs is 4. The lowest BCUT2D eigenvalue weighted by Gasteiger charge is -2.48. The van der Waals surface area contributed by atoms with Crippen LogP contribution in [0.1, 0.15) is 57.8 Å². The summed E-state index contributed by atoms with van der Waals surface area (Å²) in [6.07, 6.45) is 10.2. The van der Waals surface area contributed by atoms with Crippen molar-refractivity contribution in [3.63, 3.8) is 0 Å². The summed E-state index contributed by atoms with van der Waals surface area (Å²) >= 11 is 0. The van der Waals surface area contributed by atoms with Gasteiger partial charge in [0.15, 0.2) is 5.79 Å². The Kier molecular flexibility index (Phi) is 3.07. The largest absolute Gasteiger partial charge is 0.347 e. The van der Waals surface area contributed by atoms with Crippen LogP contribution < -0.4 is 0 Å². The summed E-state index contributed by atoms with van der Waals surface area (Å²) in [5.74, 6) is 2.98. The van der Waals surface area contributed by atoms with Crippen LogP contribution in [0.5, 0.6) is 0 Å². The van der Waals surface area contributed by atoms with Gasteiger partial charge in [-0.05, 0) is 56.3 Å². The number of ether oxygens (including phenoxy) is 2. The van der Waals surface area contributed by atoms with Crippen LogP contribution in [0.3, 0.4) is 0 Å². The van der Waals surface area contributed by atoms with E-state index in [-0.39, 0.29) is 5.79 Å². The molecule has 4 aliphatic carbocycles. The van der Waals surface area contributed by atoms with Crippen LogP contribution in [-0.2, 0) is 14.3 Å². The van der Waals surface area contributed by atoms with Gasteiger partial charge < -0.3 is 9.47 Å². The Balaban J connectivity index is 1.42. The molecule has 0 bridgehead atoms. The molecule has 3 fully saturated rings. The fourth-order valence-corrected chi connectivity index (χ4v) is 6.35. The summed E-state index contributed by atoms with van der Waals surface area (Å²) in [7, 11) is 0. The molecule has 0 N–H and O–H groups in total. The second-order valence-corrected chi connectivity index (χ2v) is 8.07. The Morgan fingerprint density at radius 3 is 2.45 bits per heavy atom. The predicted molar refractivity (Wildman–Crippen MR) is 82.2 cm³/mol. The van der Waals surface area contributed by atoms with E-state index in [1.807, 2.05) is 0 Å². The molecule has 0 amide bonds. The van der Waals surface area contributed by atoms with E-state index in [4.69, 9.17) is 9.47 Å². The van der Waals surface area contributed by atoms with Gasteiger partial charge in [0.05, 0.1) is 13.2 Å². The Morgan fingerprint density at radius 1 is 0.864 bits per heavy atom. The average molecular weight is 302 g/mol. The molecule has 5 rings (SSSR count). The van der Waals surface area contributed by atoms with E-state index in [2.05, 4.69) is 0 Å². The summed E-state index contributed by atoms with van der Waals surface area (Å²) in [5, 5.41) is 0. The van der Waals surface area contributed by atoms with Crippen molar-refractivity contribution in [2.45, 2.75) is 63.6 Å². The molecular weight excluding hydrogens is 276 g/mol.